The van der Waals surface area contributed by atoms with Crippen molar-refractivity contribution in [3.63, 3.8) is 0 Å². The number of nitrogens with zero attached hydrogens (tertiary/aromatic N) is 1. The number of hydrogen-bond donors (Lipinski definition) is 3. The summed E-state index contributed by atoms with van der Waals surface area (Å²) in [5, 5.41) is 24.0. The Morgan fingerprint density at radius 3 is 2.00 bits per heavy atom. The maximum atomic E-state index is 11.5. The molecule has 5 heteroatoms. The molecular weight excluding hydrogens is 352 g/mol. The second-order valence-corrected chi connectivity index (χ2v) is 9.52. The van der Waals surface area contributed by atoms with E-state index in [1.165, 1.54) is 6.07 Å². The quantitative estimate of drug-likeness (QED) is 0.680. The fourth-order valence-electron chi connectivity index (χ4n) is 3.28. The molecular formula is C23H34N2O3. The highest BCUT2D eigenvalue weighted by molar-refractivity contribution is 5.49. The highest BCUT2D eigenvalue weighted by atomic mass is 16.3. The number of aromatic hydroxyl groups is 2. The molecule has 2 aromatic rings. The van der Waals surface area contributed by atoms with Gasteiger partial charge >= 0.3 is 0 Å². The summed E-state index contributed by atoms with van der Waals surface area (Å²) in [5.41, 5.74) is 2.97. The van der Waals surface area contributed by atoms with Crippen molar-refractivity contribution in [2.75, 3.05) is 6.54 Å². The van der Waals surface area contributed by atoms with Crippen LogP contribution in [0, 0.1) is 6.92 Å². The Labute approximate surface area is 168 Å². The predicted molar refractivity (Wildman–Crippen MR) is 114 cm³/mol. The molecule has 0 saturated carbocycles. The molecule has 154 valence electrons. The zero-order valence-electron chi connectivity index (χ0n) is 18.2. The van der Waals surface area contributed by atoms with E-state index in [1.807, 2.05) is 4.57 Å². The van der Waals surface area contributed by atoms with Gasteiger partial charge in [-0.1, -0.05) is 53.7 Å². The number of phenols is 1. The second-order valence-electron chi connectivity index (χ2n) is 9.52. The molecule has 5 nitrogen and oxygen atoms in total. The third-order valence-corrected chi connectivity index (χ3v) is 5.06. The second kappa shape index (κ2) is 8.00. The van der Waals surface area contributed by atoms with Crippen LogP contribution in [0.1, 0.15) is 63.9 Å². The molecule has 0 spiro atoms. The van der Waals surface area contributed by atoms with E-state index in [2.05, 4.69) is 59.0 Å². The number of nitrogens with one attached hydrogen (secondary N) is 1. The molecule has 0 amide bonds. The number of benzene rings is 1. The van der Waals surface area contributed by atoms with Gasteiger partial charge in [0.25, 0.3) is 0 Å². The molecule has 0 radical (unpaired) electrons. The summed E-state index contributed by atoms with van der Waals surface area (Å²) in [7, 11) is 0. The summed E-state index contributed by atoms with van der Waals surface area (Å²) in [4.78, 5) is 11.5. The average molecular weight is 387 g/mol. The van der Waals surface area contributed by atoms with Crippen LogP contribution in [0.15, 0.2) is 29.2 Å². The molecule has 1 heterocycles. The molecule has 0 fully saturated rings. The van der Waals surface area contributed by atoms with Crippen LogP contribution in [0.2, 0.25) is 0 Å². The van der Waals surface area contributed by atoms with Gasteiger partial charge in [-0.2, -0.15) is 0 Å². The standard InChI is InChI=1S/C23H34N2O3/c1-15-20(27)19(26)8-10-25(15)11-9-24-14-16-12-17(22(2,3)4)21(28)18(13-16)23(5,6)7/h8,10,12-13,24,27-28H,9,11,14H2,1-7H3. The topological polar surface area (TPSA) is 74.5 Å². The third-order valence-electron chi connectivity index (χ3n) is 5.06. The van der Waals surface area contributed by atoms with Crippen LogP contribution in [-0.2, 0) is 23.9 Å². The van der Waals surface area contributed by atoms with Crippen molar-refractivity contribution < 1.29 is 10.2 Å². The van der Waals surface area contributed by atoms with Crippen LogP contribution in [0.25, 0.3) is 0 Å². The largest absolute Gasteiger partial charge is 0.507 e. The first-order chi connectivity index (χ1) is 12.8. The molecule has 2 rings (SSSR count). The van der Waals surface area contributed by atoms with Crippen LogP contribution in [0.5, 0.6) is 11.5 Å². The van der Waals surface area contributed by atoms with Crippen molar-refractivity contribution in [3.8, 4) is 11.5 Å². The highest BCUT2D eigenvalue weighted by Gasteiger charge is 2.26. The average Bonchev–Trinajstić information content (AvgIpc) is 2.57. The summed E-state index contributed by atoms with van der Waals surface area (Å²) in [6, 6.07) is 5.54. The fraction of sp³-hybridized carbons (Fsp3) is 0.522. The van der Waals surface area contributed by atoms with Crippen LogP contribution >= 0.6 is 0 Å². The first kappa shape index (κ1) is 22.0. The SMILES string of the molecule is Cc1c(O)c(=O)ccn1CCNCc1cc(C(C)(C)C)c(O)c(C(C)(C)C)c1. The zero-order valence-corrected chi connectivity index (χ0v) is 18.2. The van der Waals surface area contributed by atoms with E-state index in [9.17, 15) is 15.0 Å². The summed E-state index contributed by atoms with van der Waals surface area (Å²) in [6.07, 6.45) is 1.70. The van der Waals surface area contributed by atoms with Crippen molar-refractivity contribution in [1.82, 2.24) is 9.88 Å². The molecule has 1 aromatic carbocycles. The van der Waals surface area contributed by atoms with Crippen LogP contribution in [0.3, 0.4) is 0 Å². The van der Waals surface area contributed by atoms with Gasteiger partial charge in [0, 0.05) is 31.9 Å². The van der Waals surface area contributed by atoms with Crippen molar-refractivity contribution >= 4 is 0 Å². The first-order valence-electron chi connectivity index (χ1n) is 9.79. The summed E-state index contributed by atoms with van der Waals surface area (Å²) >= 11 is 0. The third kappa shape index (κ3) is 4.96. The minimum Gasteiger partial charge on any atom is -0.507 e. The first-order valence-corrected chi connectivity index (χ1v) is 9.79. The number of hydrogen-bond acceptors (Lipinski definition) is 4. The minimum atomic E-state index is -0.352. The molecule has 28 heavy (non-hydrogen) atoms. The maximum Gasteiger partial charge on any atom is 0.223 e. The molecule has 0 unspecified atom stereocenters. The molecule has 0 bridgehead atoms. The lowest BCUT2D eigenvalue weighted by atomic mass is 9.78. The molecule has 0 aliphatic carbocycles. The maximum absolute atomic E-state index is 11.5. The predicted octanol–water partition coefficient (Wildman–Crippen LogP) is 3.95. The van der Waals surface area contributed by atoms with E-state index in [1.54, 1.807) is 13.1 Å². The van der Waals surface area contributed by atoms with Gasteiger partial charge in [-0.05, 0) is 34.4 Å². The lowest BCUT2D eigenvalue weighted by Gasteiger charge is -2.28. The van der Waals surface area contributed by atoms with Gasteiger partial charge in [0.05, 0.1) is 5.69 Å². The Morgan fingerprint density at radius 2 is 1.50 bits per heavy atom. The Kier molecular flexibility index (Phi) is 6.29. The van der Waals surface area contributed by atoms with Gasteiger partial charge in [0.15, 0.2) is 5.75 Å². The normalized spacial score (nSPS) is 12.4. The van der Waals surface area contributed by atoms with E-state index in [-0.39, 0.29) is 22.0 Å². The number of phenolic OH excluding ortho intramolecular Hbond substituents is 1. The summed E-state index contributed by atoms with van der Waals surface area (Å²) < 4.78 is 1.86. The van der Waals surface area contributed by atoms with Gasteiger partial charge in [-0.15, -0.1) is 0 Å². The number of aromatic nitrogens is 1. The van der Waals surface area contributed by atoms with Gasteiger partial charge in [0.2, 0.25) is 5.43 Å². The van der Waals surface area contributed by atoms with Gasteiger partial charge in [-0.3, -0.25) is 4.79 Å². The van der Waals surface area contributed by atoms with Crippen LogP contribution < -0.4 is 10.7 Å². The van der Waals surface area contributed by atoms with Gasteiger partial charge < -0.3 is 20.1 Å². The van der Waals surface area contributed by atoms with Crippen molar-refractivity contribution in [2.24, 2.45) is 0 Å². The molecule has 0 aliphatic heterocycles. The van der Waals surface area contributed by atoms with E-state index in [0.29, 0.717) is 31.1 Å². The Bertz CT molecular complexity index is 865. The molecule has 1 aromatic heterocycles. The monoisotopic (exact) mass is 386 g/mol. The Morgan fingerprint density at radius 1 is 0.964 bits per heavy atom. The smallest absolute Gasteiger partial charge is 0.223 e. The van der Waals surface area contributed by atoms with E-state index in [0.717, 1.165) is 16.7 Å². The Hall–Kier alpha value is -2.27. The molecule has 3 N–H and O–H groups in total. The van der Waals surface area contributed by atoms with E-state index in [4.69, 9.17) is 0 Å². The highest BCUT2D eigenvalue weighted by Crippen LogP contribution is 2.39. The minimum absolute atomic E-state index is 0.148. The number of pyridine rings is 1. The van der Waals surface area contributed by atoms with E-state index < -0.39 is 0 Å². The van der Waals surface area contributed by atoms with Gasteiger partial charge in [-0.25, -0.2) is 0 Å². The lowest BCUT2D eigenvalue weighted by Crippen LogP contribution is -2.23. The molecule has 0 saturated heterocycles. The van der Waals surface area contributed by atoms with Gasteiger partial charge in [0.1, 0.15) is 5.75 Å². The van der Waals surface area contributed by atoms with Crippen molar-refractivity contribution in [2.45, 2.75) is 72.4 Å². The fourth-order valence-corrected chi connectivity index (χ4v) is 3.28. The molecule has 0 aliphatic rings. The van der Waals surface area contributed by atoms with Crippen molar-refractivity contribution in [3.05, 3.63) is 57.0 Å². The van der Waals surface area contributed by atoms with Crippen LogP contribution in [0.4, 0.5) is 0 Å². The van der Waals surface area contributed by atoms with Crippen molar-refractivity contribution in [1.29, 1.82) is 0 Å². The summed E-state index contributed by atoms with van der Waals surface area (Å²) in [6.45, 7) is 16.4. The molecule has 0 atom stereocenters. The number of rotatable bonds is 5. The van der Waals surface area contributed by atoms with E-state index >= 15 is 0 Å². The Balaban J connectivity index is 2.16. The lowest BCUT2D eigenvalue weighted by molar-refractivity contribution is 0.422. The summed E-state index contributed by atoms with van der Waals surface area (Å²) in [5.74, 6) is 0.203. The zero-order chi connectivity index (χ0) is 21.3. The van der Waals surface area contributed by atoms with Crippen LogP contribution in [-0.4, -0.2) is 21.3 Å².